The summed E-state index contributed by atoms with van der Waals surface area (Å²) in [5.41, 5.74) is 7.03. The highest BCUT2D eigenvalue weighted by Crippen LogP contribution is 2.34. The van der Waals surface area contributed by atoms with Crippen molar-refractivity contribution < 1.29 is 22.3 Å². The number of nitrogen functional groups attached to an aromatic ring is 1. The maximum Gasteiger partial charge on any atom is 0.268 e. The van der Waals surface area contributed by atoms with Crippen molar-refractivity contribution in [3.8, 4) is 17.0 Å². The number of nitrogens with two attached hydrogens (primary N) is 1. The summed E-state index contributed by atoms with van der Waals surface area (Å²) in [6.45, 7) is 8.50. The molecule has 2 atom stereocenters. The lowest BCUT2D eigenvalue weighted by Gasteiger charge is -2.29. The zero-order valence-electron chi connectivity index (χ0n) is 21.9. The van der Waals surface area contributed by atoms with Crippen LogP contribution in [-0.4, -0.2) is 38.0 Å². The lowest BCUT2D eigenvalue weighted by atomic mass is 10.1. The van der Waals surface area contributed by atoms with Crippen LogP contribution in [0.2, 0.25) is 0 Å². The number of halogens is 1. The Morgan fingerprint density at radius 3 is 2.50 bits per heavy atom. The van der Waals surface area contributed by atoms with E-state index in [2.05, 4.69) is 4.72 Å². The molecule has 2 heterocycles. The van der Waals surface area contributed by atoms with Crippen LogP contribution < -0.4 is 20.1 Å². The first-order chi connectivity index (χ1) is 17.9. The van der Waals surface area contributed by atoms with Gasteiger partial charge >= 0.3 is 0 Å². The maximum absolute atomic E-state index is 14.5. The van der Waals surface area contributed by atoms with Crippen LogP contribution in [0, 0.1) is 11.7 Å². The van der Waals surface area contributed by atoms with E-state index in [9.17, 15) is 17.6 Å². The molecule has 0 radical (unpaired) electrons. The third kappa shape index (κ3) is 6.07. The first kappa shape index (κ1) is 27.4. The molecule has 202 valence electrons. The summed E-state index contributed by atoms with van der Waals surface area (Å²) >= 11 is 0. The summed E-state index contributed by atoms with van der Waals surface area (Å²) in [5, 5.41) is 0. The first-order valence-electron chi connectivity index (χ1n) is 12.6. The molecule has 4 rings (SSSR count). The van der Waals surface area contributed by atoms with Gasteiger partial charge in [0.05, 0.1) is 22.8 Å². The van der Waals surface area contributed by atoms with Gasteiger partial charge in [-0.3, -0.25) is 4.79 Å². The van der Waals surface area contributed by atoms with Crippen molar-refractivity contribution in [2.75, 3.05) is 17.2 Å². The third-order valence-electron chi connectivity index (χ3n) is 6.46. The number of carbonyl (C=O) groups is 1. The number of benzene rings is 2. The van der Waals surface area contributed by atoms with Crippen molar-refractivity contribution >= 4 is 27.4 Å². The molecule has 3 N–H and O–H groups in total. The third-order valence-corrected chi connectivity index (χ3v) is 7.79. The molecule has 0 spiro atoms. The van der Waals surface area contributed by atoms with Gasteiger partial charge in [-0.2, -0.15) is 0 Å². The second-order valence-corrected chi connectivity index (χ2v) is 11.8. The molecule has 10 heteroatoms. The van der Waals surface area contributed by atoms with Gasteiger partial charge in [0.15, 0.2) is 0 Å². The molecular weight excluding hydrogens is 507 g/mol. The number of ether oxygens (including phenoxy) is 1. The molecule has 1 fully saturated rings. The fourth-order valence-electron chi connectivity index (χ4n) is 4.57. The normalized spacial score (nSPS) is 17.6. The minimum Gasteiger partial charge on any atom is -0.493 e. The fraction of sp³-hybridized carbons (Fsp3) is 0.357. The number of hydrogen-bond donors (Lipinski definition) is 2. The van der Waals surface area contributed by atoms with Crippen LogP contribution >= 0.6 is 0 Å². The van der Waals surface area contributed by atoms with Gasteiger partial charge in [0.1, 0.15) is 17.4 Å². The van der Waals surface area contributed by atoms with Crippen LogP contribution in [0.15, 0.2) is 59.5 Å². The van der Waals surface area contributed by atoms with Crippen LogP contribution in [-0.2, 0) is 10.0 Å². The van der Waals surface area contributed by atoms with Crippen LogP contribution in [0.1, 0.15) is 50.9 Å². The van der Waals surface area contributed by atoms with E-state index in [4.69, 9.17) is 15.5 Å². The highest BCUT2D eigenvalue weighted by molar-refractivity contribution is 7.90. The number of aromatic nitrogens is 1. The summed E-state index contributed by atoms with van der Waals surface area (Å²) in [5.74, 6) is -0.286. The lowest BCUT2D eigenvalue weighted by molar-refractivity contribution is 0.0981. The zero-order valence-corrected chi connectivity index (χ0v) is 22.8. The van der Waals surface area contributed by atoms with Crippen LogP contribution in [0.3, 0.4) is 0 Å². The fourth-order valence-corrected chi connectivity index (χ4v) is 5.59. The molecule has 38 heavy (non-hydrogen) atoms. The largest absolute Gasteiger partial charge is 0.493 e. The van der Waals surface area contributed by atoms with E-state index in [1.54, 1.807) is 18.2 Å². The van der Waals surface area contributed by atoms with Gasteiger partial charge in [0.2, 0.25) is 0 Å². The molecular formula is C28H33FN4O4S. The standard InChI is InChI=1S/C28H33FN4O4S/c1-17(2)16-37-23-13-20(12-21(29)14-23)26-11-10-25(27(31-26)33-18(3)8-9-19(33)4)28(34)32-38(35,36)24-7-5-6-22(30)15-24/h5-7,10-15,17-19H,8-9,16,30H2,1-4H3,(H,32,34)/t18-,19+. The molecule has 2 aromatic carbocycles. The molecule has 0 saturated carbocycles. The predicted molar refractivity (Wildman–Crippen MR) is 146 cm³/mol. The summed E-state index contributed by atoms with van der Waals surface area (Å²) in [6.07, 6.45) is 1.78. The average Bonchev–Trinajstić information content (AvgIpc) is 3.19. The minimum atomic E-state index is -4.18. The molecule has 3 aromatic rings. The van der Waals surface area contributed by atoms with Crippen LogP contribution in [0.25, 0.3) is 11.3 Å². The van der Waals surface area contributed by atoms with Gasteiger partial charge in [-0.15, -0.1) is 0 Å². The Kier molecular flexibility index (Phi) is 7.91. The number of hydrogen-bond acceptors (Lipinski definition) is 7. The number of pyridine rings is 1. The van der Waals surface area contributed by atoms with E-state index in [-0.39, 0.29) is 34.1 Å². The summed E-state index contributed by atoms with van der Waals surface area (Å²) in [6, 6.07) is 13.3. The quantitative estimate of drug-likeness (QED) is 0.387. The highest BCUT2D eigenvalue weighted by Gasteiger charge is 2.33. The lowest BCUT2D eigenvalue weighted by Crippen LogP contribution is -2.37. The Hall–Kier alpha value is -3.66. The van der Waals surface area contributed by atoms with E-state index in [0.717, 1.165) is 12.8 Å². The second-order valence-electron chi connectivity index (χ2n) is 10.1. The van der Waals surface area contributed by atoms with E-state index in [1.807, 2.05) is 32.6 Å². The highest BCUT2D eigenvalue weighted by atomic mass is 32.2. The molecule has 0 unspecified atom stereocenters. The van der Waals surface area contributed by atoms with Gasteiger partial charge in [-0.1, -0.05) is 19.9 Å². The van der Waals surface area contributed by atoms with Gasteiger partial charge in [-0.05, 0) is 75.1 Å². The number of sulfonamides is 1. The van der Waals surface area contributed by atoms with Gasteiger partial charge in [0.25, 0.3) is 15.9 Å². The molecule has 0 aliphatic carbocycles. The molecule has 0 bridgehead atoms. The van der Waals surface area contributed by atoms with Crippen molar-refractivity contribution in [2.45, 2.75) is 57.5 Å². The van der Waals surface area contributed by atoms with Gasteiger partial charge < -0.3 is 15.4 Å². The summed E-state index contributed by atoms with van der Waals surface area (Å²) < 4.78 is 48.2. The molecule has 1 aliphatic heterocycles. The Bertz CT molecular complexity index is 1430. The number of anilines is 2. The zero-order chi connectivity index (χ0) is 27.6. The number of nitrogens with one attached hydrogen (secondary N) is 1. The smallest absolute Gasteiger partial charge is 0.268 e. The molecule has 1 saturated heterocycles. The molecule has 1 amide bonds. The van der Waals surface area contributed by atoms with Gasteiger partial charge in [0, 0.05) is 29.4 Å². The van der Waals surface area contributed by atoms with E-state index in [1.165, 1.54) is 36.4 Å². The van der Waals surface area contributed by atoms with Gasteiger partial charge in [-0.25, -0.2) is 22.5 Å². The number of nitrogens with zero attached hydrogens (tertiary/aromatic N) is 2. The van der Waals surface area contributed by atoms with Crippen molar-refractivity contribution in [3.63, 3.8) is 0 Å². The summed E-state index contributed by atoms with van der Waals surface area (Å²) in [7, 11) is -4.18. The molecule has 1 aliphatic rings. The number of amides is 1. The number of rotatable bonds is 8. The van der Waals surface area contributed by atoms with Crippen molar-refractivity contribution in [1.29, 1.82) is 0 Å². The Morgan fingerprint density at radius 1 is 1.13 bits per heavy atom. The topological polar surface area (TPSA) is 115 Å². The number of carbonyl (C=O) groups excluding carboxylic acids is 1. The maximum atomic E-state index is 14.5. The van der Waals surface area contributed by atoms with E-state index in [0.29, 0.717) is 29.4 Å². The minimum absolute atomic E-state index is 0.0716. The van der Waals surface area contributed by atoms with Crippen LogP contribution in [0.4, 0.5) is 15.9 Å². The Morgan fingerprint density at radius 2 is 1.84 bits per heavy atom. The Labute approximate surface area is 223 Å². The summed E-state index contributed by atoms with van der Waals surface area (Å²) in [4.78, 5) is 20.0. The predicted octanol–water partition coefficient (Wildman–Crippen LogP) is 5.00. The first-order valence-corrected chi connectivity index (χ1v) is 14.1. The van der Waals surface area contributed by atoms with Crippen molar-refractivity contribution in [2.24, 2.45) is 5.92 Å². The van der Waals surface area contributed by atoms with Crippen molar-refractivity contribution in [1.82, 2.24) is 9.71 Å². The average molecular weight is 541 g/mol. The monoisotopic (exact) mass is 540 g/mol. The van der Waals surface area contributed by atoms with E-state index < -0.39 is 21.7 Å². The SMILES string of the molecule is CC(C)COc1cc(F)cc(-c2ccc(C(=O)NS(=O)(=O)c3cccc(N)c3)c(N3[C@H](C)CC[C@@H]3C)n2)c1. The van der Waals surface area contributed by atoms with Crippen LogP contribution in [0.5, 0.6) is 5.75 Å². The molecule has 8 nitrogen and oxygen atoms in total. The van der Waals surface area contributed by atoms with Crippen molar-refractivity contribution in [3.05, 3.63) is 66.0 Å². The van der Waals surface area contributed by atoms with E-state index >= 15 is 0 Å². The second kappa shape index (κ2) is 11.0. The molecule has 1 aromatic heterocycles. The Balaban J connectivity index is 1.74.